The van der Waals surface area contributed by atoms with Crippen molar-refractivity contribution < 1.29 is 14.4 Å². The van der Waals surface area contributed by atoms with E-state index in [0.717, 1.165) is 11.1 Å². The van der Waals surface area contributed by atoms with Gasteiger partial charge >= 0.3 is 0 Å². The Morgan fingerprint density at radius 1 is 1.00 bits per heavy atom. The lowest BCUT2D eigenvalue weighted by Gasteiger charge is -2.36. The molecule has 0 radical (unpaired) electrons. The van der Waals surface area contributed by atoms with Crippen molar-refractivity contribution in [1.82, 2.24) is 15.5 Å². The van der Waals surface area contributed by atoms with Crippen LogP contribution in [0.3, 0.4) is 0 Å². The third kappa shape index (κ3) is 5.76. The van der Waals surface area contributed by atoms with Crippen LogP contribution in [0.2, 0.25) is 0 Å². The molecule has 2 N–H and O–H groups in total. The van der Waals surface area contributed by atoms with Gasteiger partial charge in [-0.2, -0.15) is 0 Å². The number of thiophene rings is 1. The lowest BCUT2D eigenvalue weighted by atomic mass is 9.88. The van der Waals surface area contributed by atoms with Crippen molar-refractivity contribution in [3.05, 3.63) is 57.8 Å². The van der Waals surface area contributed by atoms with Crippen molar-refractivity contribution >= 4 is 29.1 Å². The van der Waals surface area contributed by atoms with Gasteiger partial charge in [0.15, 0.2) is 0 Å². The maximum Gasteiger partial charge on any atom is 0.262 e. The number of aryl methyl sites for hydroxylation is 1. The van der Waals surface area contributed by atoms with E-state index < -0.39 is 6.04 Å². The van der Waals surface area contributed by atoms with Gasteiger partial charge < -0.3 is 15.5 Å². The van der Waals surface area contributed by atoms with Crippen LogP contribution in [0.4, 0.5) is 0 Å². The Labute approximate surface area is 194 Å². The molecular weight excluding hydrogens is 422 g/mol. The number of carbonyl (C=O) groups excluding carboxylic acids is 3. The van der Waals surface area contributed by atoms with E-state index in [1.807, 2.05) is 54.5 Å². The van der Waals surface area contributed by atoms with E-state index in [2.05, 4.69) is 24.5 Å². The summed E-state index contributed by atoms with van der Waals surface area (Å²) in [4.78, 5) is 41.3. The first-order valence-electron chi connectivity index (χ1n) is 11.3. The smallest absolute Gasteiger partial charge is 0.262 e. The van der Waals surface area contributed by atoms with Crippen LogP contribution >= 0.6 is 11.3 Å². The van der Waals surface area contributed by atoms with Crippen molar-refractivity contribution in [3.8, 4) is 0 Å². The van der Waals surface area contributed by atoms with Gasteiger partial charge in [-0.25, -0.2) is 0 Å². The zero-order valence-electron chi connectivity index (χ0n) is 19.3. The molecule has 1 saturated heterocycles. The highest BCUT2D eigenvalue weighted by Gasteiger charge is 2.35. The predicted octanol–water partition coefficient (Wildman–Crippen LogP) is 3.87. The van der Waals surface area contributed by atoms with Gasteiger partial charge in [0.05, 0.1) is 4.88 Å². The van der Waals surface area contributed by atoms with Crippen LogP contribution in [0.5, 0.6) is 0 Å². The molecule has 0 spiro atoms. The number of nitrogens with one attached hydrogen (secondary N) is 2. The summed E-state index contributed by atoms with van der Waals surface area (Å²) in [6, 6.07) is 10.6. The number of benzene rings is 1. The van der Waals surface area contributed by atoms with E-state index in [1.165, 1.54) is 11.3 Å². The van der Waals surface area contributed by atoms with Gasteiger partial charge in [-0.3, -0.25) is 14.4 Å². The van der Waals surface area contributed by atoms with E-state index in [-0.39, 0.29) is 29.7 Å². The molecule has 0 aliphatic carbocycles. The van der Waals surface area contributed by atoms with Crippen LogP contribution in [-0.2, 0) is 4.79 Å². The second-order valence-electron chi connectivity index (χ2n) is 8.91. The van der Waals surface area contributed by atoms with Gasteiger partial charge in [0.25, 0.3) is 11.8 Å². The number of rotatable bonds is 7. The molecule has 0 saturated carbocycles. The zero-order chi connectivity index (χ0) is 23.3. The minimum atomic E-state index is -0.624. The van der Waals surface area contributed by atoms with Crippen LogP contribution in [0.15, 0.2) is 41.8 Å². The first-order chi connectivity index (χ1) is 15.3. The topological polar surface area (TPSA) is 78.5 Å². The Kier molecular flexibility index (Phi) is 8.07. The third-order valence-electron chi connectivity index (χ3n) is 6.36. The lowest BCUT2D eigenvalue weighted by Crippen LogP contribution is -2.55. The molecule has 2 atom stereocenters. The Morgan fingerprint density at radius 2 is 1.69 bits per heavy atom. The second kappa shape index (κ2) is 10.8. The van der Waals surface area contributed by atoms with Gasteiger partial charge in [-0.05, 0) is 61.6 Å². The number of likely N-dealkylation sites (tertiary alicyclic amines) is 1. The Bertz CT molecular complexity index is 934. The quantitative estimate of drug-likeness (QED) is 0.665. The lowest BCUT2D eigenvalue weighted by molar-refractivity contribution is -0.125. The molecule has 1 aromatic heterocycles. The van der Waals surface area contributed by atoms with Crippen molar-refractivity contribution in [2.75, 3.05) is 13.1 Å². The summed E-state index contributed by atoms with van der Waals surface area (Å²) in [5.41, 5.74) is 1.68. The highest BCUT2D eigenvalue weighted by Crippen LogP contribution is 2.24. The van der Waals surface area contributed by atoms with Crippen LogP contribution in [0, 0.1) is 18.8 Å². The summed E-state index contributed by atoms with van der Waals surface area (Å²) in [5, 5.41) is 7.89. The monoisotopic (exact) mass is 455 g/mol. The fraction of sp³-hybridized carbons (Fsp3) is 0.480. The van der Waals surface area contributed by atoms with Crippen LogP contribution in [0.25, 0.3) is 0 Å². The summed E-state index contributed by atoms with van der Waals surface area (Å²) < 4.78 is 0. The molecule has 2 heterocycles. The van der Waals surface area contributed by atoms with E-state index in [9.17, 15) is 14.4 Å². The number of carbonyl (C=O) groups is 3. The summed E-state index contributed by atoms with van der Waals surface area (Å²) in [6.45, 7) is 9.16. The summed E-state index contributed by atoms with van der Waals surface area (Å²) in [7, 11) is 0. The maximum absolute atomic E-state index is 13.1. The van der Waals surface area contributed by atoms with Crippen LogP contribution in [-0.4, -0.2) is 47.8 Å². The van der Waals surface area contributed by atoms with Gasteiger partial charge in [-0.15, -0.1) is 11.3 Å². The molecule has 3 amide bonds. The number of hydrogen-bond donors (Lipinski definition) is 2. The van der Waals surface area contributed by atoms with Crippen molar-refractivity contribution in [2.45, 2.75) is 52.6 Å². The molecule has 1 aliphatic heterocycles. The van der Waals surface area contributed by atoms with Crippen molar-refractivity contribution in [2.24, 2.45) is 11.8 Å². The van der Waals surface area contributed by atoms with Gasteiger partial charge in [0, 0.05) is 24.7 Å². The average molecular weight is 456 g/mol. The summed E-state index contributed by atoms with van der Waals surface area (Å²) in [5.74, 6) is -0.0884. The maximum atomic E-state index is 13.1. The van der Waals surface area contributed by atoms with Crippen LogP contribution in [0.1, 0.15) is 59.2 Å². The minimum Gasteiger partial charge on any atom is -0.352 e. The standard InChI is InChI=1S/C25H33N3O3S/c1-16(2)18(4)26-24(30)22(27-23(29)21-10-7-15-32-21)19-11-13-28(14-12-19)25(31)20-9-6-5-8-17(20)3/h5-10,15-16,18-19,22H,11-14H2,1-4H3,(H,26,30)(H,27,29)/t18-,22+/m0/s1. The summed E-state index contributed by atoms with van der Waals surface area (Å²) >= 11 is 1.36. The fourth-order valence-corrected chi connectivity index (χ4v) is 4.54. The molecule has 6 nitrogen and oxygen atoms in total. The molecule has 32 heavy (non-hydrogen) atoms. The molecule has 0 unspecified atom stereocenters. The van der Waals surface area contributed by atoms with Crippen LogP contribution < -0.4 is 10.6 Å². The fourth-order valence-electron chi connectivity index (χ4n) is 3.92. The average Bonchev–Trinajstić information content (AvgIpc) is 3.32. The Hall–Kier alpha value is -2.67. The minimum absolute atomic E-state index is 0.00589. The van der Waals surface area contributed by atoms with Gasteiger partial charge in [-0.1, -0.05) is 38.1 Å². The predicted molar refractivity (Wildman–Crippen MR) is 128 cm³/mol. The van der Waals surface area contributed by atoms with Crippen molar-refractivity contribution in [3.63, 3.8) is 0 Å². The van der Waals surface area contributed by atoms with E-state index in [1.54, 1.807) is 6.07 Å². The molecule has 1 fully saturated rings. The largest absolute Gasteiger partial charge is 0.352 e. The SMILES string of the molecule is Cc1ccccc1C(=O)N1CCC([C@@H](NC(=O)c2cccs2)C(=O)N[C@@H](C)C(C)C)CC1. The molecule has 7 heteroatoms. The van der Waals surface area contributed by atoms with Gasteiger partial charge in [0.2, 0.25) is 5.91 Å². The Balaban J connectivity index is 1.69. The molecule has 2 aromatic rings. The summed E-state index contributed by atoms with van der Waals surface area (Å²) in [6.07, 6.45) is 1.33. The number of nitrogens with zero attached hydrogens (tertiary/aromatic N) is 1. The molecule has 0 bridgehead atoms. The highest BCUT2D eigenvalue weighted by atomic mass is 32.1. The van der Waals surface area contributed by atoms with Gasteiger partial charge in [0.1, 0.15) is 6.04 Å². The normalized spacial score (nSPS) is 16.5. The van der Waals surface area contributed by atoms with E-state index in [4.69, 9.17) is 0 Å². The second-order valence-corrected chi connectivity index (χ2v) is 9.86. The molecule has 1 aliphatic rings. The number of piperidine rings is 1. The Morgan fingerprint density at radius 3 is 2.28 bits per heavy atom. The highest BCUT2D eigenvalue weighted by molar-refractivity contribution is 7.12. The first kappa shape index (κ1) is 24.0. The molecular formula is C25H33N3O3S. The molecule has 1 aromatic carbocycles. The zero-order valence-corrected chi connectivity index (χ0v) is 20.1. The number of hydrogen-bond acceptors (Lipinski definition) is 4. The molecule has 172 valence electrons. The third-order valence-corrected chi connectivity index (χ3v) is 7.23. The van der Waals surface area contributed by atoms with E-state index >= 15 is 0 Å². The first-order valence-corrected chi connectivity index (χ1v) is 12.2. The number of amides is 3. The van der Waals surface area contributed by atoms with Crippen molar-refractivity contribution in [1.29, 1.82) is 0 Å². The molecule has 3 rings (SSSR count). The van der Waals surface area contributed by atoms with E-state index in [0.29, 0.717) is 36.7 Å².